The van der Waals surface area contributed by atoms with Gasteiger partial charge in [-0.25, -0.2) is 0 Å². The molecule has 1 saturated carbocycles. The lowest BCUT2D eigenvalue weighted by Crippen LogP contribution is -2.23. The Morgan fingerprint density at radius 1 is 1.33 bits per heavy atom. The fraction of sp³-hybridized carbons (Fsp3) is 0.625. The van der Waals surface area contributed by atoms with Gasteiger partial charge in [0.1, 0.15) is 0 Å². The van der Waals surface area contributed by atoms with Crippen LogP contribution in [0.15, 0.2) is 22.7 Å². The highest BCUT2D eigenvalue weighted by Gasteiger charge is 2.33. The van der Waals surface area contributed by atoms with Crippen molar-refractivity contribution in [2.75, 3.05) is 6.54 Å². The van der Waals surface area contributed by atoms with Gasteiger partial charge in [-0.3, -0.25) is 0 Å². The first-order valence-electron chi connectivity index (χ1n) is 7.51. The Morgan fingerprint density at radius 3 is 2.62 bits per heavy atom. The molecule has 1 unspecified atom stereocenters. The van der Waals surface area contributed by atoms with Gasteiger partial charge in [0.25, 0.3) is 0 Å². The zero-order chi connectivity index (χ0) is 15.5. The molecule has 0 saturated heterocycles. The number of halogens is 4. The normalized spacial score (nSPS) is 17.0. The molecule has 1 nitrogen and oxygen atoms in total. The number of nitrogens with one attached hydrogen (secondary N) is 1. The molecule has 0 radical (unpaired) electrons. The molecule has 21 heavy (non-hydrogen) atoms. The molecular weight excluding hydrogens is 343 g/mol. The van der Waals surface area contributed by atoms with Gasteiger partial charge in [-0.2, -0.15) is 13.2 Å². The second-order valence-corrected chi connectivity index (χ2v) is 6.62. The largest absolute Gasteiger partial charge is 0.417 e. The molecule has 0 heterocycles. The maximum absolute atomic E-state index is 13.0. The van der Waals surface area contributed by atoms with Crippen molar-refractivity contribution in [3.8, 4) is 0 Å². The number of benzene rings is 1. The summed E-state index contributed by atoms with van der Waals surface area (Å²) in [7, 11) is 0. The van der Waals surface area contributed by atoms with E-state index in [0.29, 0.717) is 0 Å². The van der Waals surface area contributed by atoms with Crippen molar-refractivity contribution in [1.82, 2.24) is 5.32 Å². The zero-order valence-corrected chi connectivity index (χ0v) is 13.7. The van der Waals surface area contributed by atoms with Gasteiger partial charge in [-0.05, 0) is 49.4 Å². The second-order valence-electron chi connectivity index (χ2n) is 5.76. The Labute approximate surface area is 132 Å². The molecule has 1 aliphatic carbocycles. The van der Waals surface area contributed by atoms with E-state index in [1.165, 1.54) is 25.0 Å². The van der Waals surface area contributed by atoms with Gasteiger partial charge in [0.05, 0.1) is 5.56 Å². The molecule has 5 heteroatoms. The molecule has 0 bridgehead atoms. The predicted molar refractivity (Wildman–Crippen MR) is 82.1 cm³/mol. The van der Waals surface area contributed by atoms with E-state index < -0.39 is 11.7 Å². The molecule has 1 aromatic carbocycles. The highest BCUT2D eigenvalue weighted by Crippen LogP contribution is 2.39. The highest BCUT2D eigenvalue weighted by molar-refractivity contribution is 9.10. The second kappa shape index (κ2) is 7.14. The van der Waals surface area contributed by atoms with E-state index in [-0.39, 0.29) is 10.5 Å². The Bertz CT molecular complexity index is 469. The first kappa shape index (κ1) is 16.8. The Balaban J connectivity index is 2.16. The van der Waals surface area contributed by atoms with Gasteiger partial charge in [0, 0.05) is 10.5 Å². The summed E-state index contributed by atoms with van der Waals surface area (Å²) in [5.74, 6) is 0.786. The quantitative estimate of drug-likeness (QED) is 0.655. The van der Waals surface area contributed by atoms with Gasteiger partial charge < -0.3 is 5.32 Å². The summed E-state index contributed by atoms with van der Waals surface area (Å²) in [5, 5.41) is 3.38. The average molecular weight is 364 g/mol. The lowest BCUT2D eigenvalue weighted by Gasteiger charge is -2.21. The molecule has 0 spiro atoms. The lowest BCUT2D eigenvalue weighted by molar-refractivity contribution is -0.138. The third kappa shape index (κ3) is 4.99. The molecular formula is C16H21BrF3N. The standard InChI is InChI=1S/C16H21BrF3N/c1-2-9-21-15(8-5-11-3-4-11)12-6-7-14(17)13(10-12)16(18,19)20/h6-7,10-11,15,21H,2-5,8-9H2,1H3. The van der Waals surface area contributed by atoms with Crippen molar-refractivity contribution >= 4 is 15.9 Å². The molecule has 0 amide bonds. The number of hydrogen-bond donors (Lipinski definition) is 1. The van der Waals surface area contributed by atoms with Gasteiger partial charge in [0.15, 0.2) is 0 Å². The van der Waals surface area contributed by atoms with E-state index in [1.807, 2.05) is 0 Å². The minimum atomic E-state index is -4.32. The van der Waals surface area contributed by atoms with Crippen molar-refractivity contribution in [2.24, 2.45) is 5.92 Å². The van der Waals surface area contributed by atoms with Gasteiger partial charge in [-0.15, -0.1) is 0 Å². The van der Waals surface area contributed by atoms with Crippen LogP contribution in [-0.4, -0.2) is 6.54 Å². The van der Waals surface area contributed by atoms with Gasteiger partial charge in [-0.1, -0.05) is 41.8 Å². The summed E-state index contributed by atoms with van der Waals surface area (Å²) >= 11 is 3.00. The van der Waals surface area contributed by atoms with Crippen LogP contribution in [-0.2, 0) is 6.18 Å². The molecule has 0 aliphatic heterocycles. The van der Waals surface area contributed by atoms with Crippen molar-refractivity contribution in [3.05, 3.63) is 33.8 Å². The third-order valence-corrected chi connectivity index (χ3v) is 4.59. The molecule has 118 valence electrons. The summed E-state index contributed by atoms with van der Waals surface area (Å²) in [6.07, 6.45) is 1.20. The predicted octanol–water partition coefficient (Wildman–Crippen LogP) is 5.70. The van der Waals surface area contributed by atoms with Crippen molar-refractivity contribution in [2.45, 2.75) is 51.2 Å². The first-order chi connectivity index (χ1) is 9.91. The van der Waals surface area contributed by atoms with Crippen LogP contribution < -0.4 is 5.32 Å². The summed E-state index contributed by atoms with van der Waals surface area (Å²) in [6, 6.07) is 4.60. The van der Waals surface area contributed by atoms with Crippen LogP contribution in [0.3, 0.4) is 0 Å². The molecule has 1 aromatic rings. The molecule has 1 fully saturated rings. The summed E-state index contributed by atoms with van der Waals surface area (Å²) in [4.78, 5) is 0. The fourth-order valence-electron chi connectivity index (χ4n) is 2.49. The van der Waals surface area contributed by atoms with Crippen molar-refractivity contribution in [3.63, 3.8) is 0 Å². The van der Waals surface area contributed by atoms with Crippen LogP contribution in [0.25, 0.3) is 0 Å². The maximum atomic E-state index is 13.0. The lowest BCUT2D eigenvalue weighted by atomic mass is 9.98. The Morgan fingerprint density at radius 2 is 2.05 bits per heavy atom. The molecule has 2 rings (SSSR count). The Hall–Kier alpha value is -0.550. The maximum Gasteiger partial charge on any atom is 0.417 e. The van der Waals surface area contributed by atoms with E-state index in [4.69, 9.17) is 0 Å². The minimum absolute atomic E-state index is 0.0137. The monoisotopic (exact) mass is 363 g/mol. The smallest absolute Gasteiger partial charge is 0.310 e. The first-order valence-corrected chi connectivity index (χ1v) is 8.31. The van der Waals surface area contributed by atoms with E-state index in [2.05, 4.69) is 28.2 Å². The molecule has 1 aliphatic rings. The van der Waals surface area contributed by atoms with Gasteiger partial charge >= 0.3 is 6.18 Å². The topological polar surface area (TPSA) is 12.0 Å². The molecule has 1 N–H and O–H groups in total. The number of alkyl halides is 3. The summed E-state index contributed by atoms with van der Waals surface area (Å²) in [5.41, 5.74) is 0.148. The van der Waals surface area contributed by atoms with Gasteiger partial charge in [0.2, 0.25) is 0 Å². The molecule has 1 atom stereocenters. The van der Waals surface area contributed by atoms with E-state index >= 15 is 0 Å². The minimum Gasteiger partial charge on any atom is -0.310 e. The van der Waals surface area contributed by atoms with E-state index in [1.54, 1.807) is 6.07 Å². The third-order valence-electron chi connectivity index (χ3n) is 3.90. The van der Waals surface area contributed by atoms with Crippen LogP contribution in [0.2, 0.25) is 0 Å². The summed E-state index contributed by atoms with van der Waals surface area (Å²) in [6.45, 7) is 2.89. The zero-order valence-electron chi connectivity index (χ0n) is 12.1. The van der Waals surface area contributed by atoms with Crippen molar-refractivity contribution < 1.29 is 13.2 Å². The number of rotatable bonds is 7. The van der Waals surface area contributed by atoms with Crippen LogP contribution >= 0.6 is 15.9 Å². The number of hydrogen-bond acceptors (Lipinski definition) is 1. The SMILES string of the molecule is CCCNC(CCC1CC1)c1ccc(Br)c(C(F)(F)F)c1. The van der Waals surface area contributed by atoms with Crippen LogP contribution in [0.4, 0.5) is 13.2 Å². The summed E-state index contributed by atoms with van der Waals surface area (Å²) < 4.78 is 39.2. The van der Waals surface area contributed by atoms with Crippen LogP contribution in [0, 0.1) is 5.92 Å². The average Bonchev–Trinajstić information content (AvgIpc) is 3.23. The van der Waals surface area contributed by atoms with E-state index in [9.17, 15) is 13.2 Å². The molecule has 0 aromatic heterocycles. The Kier molecular flexibility index (Phi) is 5.72. The van der Waals surface area contributed by atoms with Crippen LogP contribution in [0.1, 0.15) is 56.2 Å². The van der Waals surface area contributed by atoms with E-state index in [0.717, 1.165) is 37.3 Å². The van der Waals surface area contributed by atoms with Crippen molar-refractivity contribution in [1.29, 1.82) is 0 Å². The highest BCUT2D eigenvalue weighted by atomic mass is 79.9. The fourth-order valence-corrected chi connectivity index (χ4v) is 2.96. The van der Waals surface area contributed by atoms with Crippen LogP contribution in [0.5, 0.6) is 0 Å².